The minimum absolute atomic E-state index is 0.0997. The third-order valence-electron chi connectivity index (χ3n) is 2.22. The van der Waals surface area contributed by atoms with E-state index in [1.807, 2.05) is 0 Å². The normalized spacial score (nSPS) is 9.74. The second-order valence-electron chi connectivity index (χ2n) is 3.67. The van der Waals surface area contributed by atoms with Crippen LogP contribution in [0.1, 0.15) is 29.6 Å². The van der Waals surface area contributed by atoms with Crippen LogP contribution in [0.15, 0.2) is 24.3 Å². The van der Waals surface area contributed by atoms with Crippen molar-refractivity contribution in [3.8, 4) is 0 Å². The molecule has 19 heavy (non-hydrogen) atoms. The summed E-state index contributed by atoms with van der Waals surface area (Å²) in [5, 5.41) is 0. The first-order valence-corrected chi connectivity index (χ1v) is 6.61. The van der Waals surface area contributed by atoms with Crippen LogP contribution in [0.25, 0.3) is 0 Å². The maximum Gasteiger partial charge on any atom is 0.382 e. The molecular formula is C13H11IO5. The van der Waals surface area contributed by atoms with E-state index in [2.05, 4.69) is 27.3 Å². The molecule has 1 rings (SSSR count). The lowest BCUT2D eigenvalue weighted by Crippen LogP contribution is -2.21. The minimum atomic E-state index is -1.19. The van der Waals surface area contributed by atoms with Crippen molar-refractivity contribution in [2.75, 3.05) is 0 Å². The molecular weight excluding hydrogens is 363 g/mol. The van der Waals surface area contributed by atoms with Crippen molar-refractivity contribution in [3.63, 3.8) is 0 Å². The van der Waals surface area contributed by atoms with Crippen LogP contribution in [0.4, 0.5) is 0 Å². The van der Waals surface area contributed by atoms with Gasteiger partial charge in [-0.1, -0.05) is 0 Å². The monoisotopic (exact) mass is 374 g/mol. The van der Waals surface area contributed by atoms with Gasteiger partial charge in [-0.2, -0.15) is 0 Å². The zero-order valence-corrected chi connectivity index (χ0v) is 12.1. The molecule has 0 spiro atoms. The van der Waals surface area contributed by atoms with Crippen LogP contribution >= 0.6 is 22.6 Å². The number of aldehydes is 1. The van der Waals surface area contributed by atoms with Gasteiger partial charge in [-0.3, -0.25) is 4.79 Å². The van der Waals surface area contributed by atoms with Crippen molar-refractivity contribution in [1.82, 2.24) is 0 Å². The van der Waals surface area contributed by atoms with Crippen molar-refractivity contribution in [3.05, 3.63) is 33.4 Å². The van der Waals surface area contributed by atoms with Gasteiger partial charge in [0.15, 0.2) is 0 Å². The molecule has 0 heterocycles. The lowest BCUT2D eigenvalue weighted by Gasteiger charge is -2.02. The number of Topliss-reactive ketones (excluding diaryl/α,β-unsaturated/α-hetero) is 1. The summed E-state index contributed by atoms with van der Waals surface area (Å²) >= 11 is 2.07. The number of halogens is 1. The Labute approximate surface area is 123 Å². The van der Waals surface area contributed by atoms with Crippen molar-refractivity contribution in [2.45, 2.75) is 19.3 Å². The van der Waals surface area contributed by atoms with Gasteiger partial charge in [-0.15, -0.1) is 0 Å². The molecule has 100 valence electrons. The van der Waals surface area contributed by atoms with Gasteiger partial charge in [0.05, 0.1) is 5.56 Å². The largest absolute Gasteiger partial charge is 0.384 e. The molecule has 0 fully saturated rings. The number of hydrogen-bond acceptors (Lipinski definition) is 5. The van der Waals surface area contributed by atoms with Crippen LogP contribution in [0.5, 0.6) is 0 Å². The third kappa shape index (κ3) is 5.29. The minimum Gasteiger partial charge on any atom is -0.384 e. The quantitative estimate of drug-likeness (QED) is 0.190. The zero-order chi connectivity index (χ0) is 14.3. The Kier molecular flexibility index (Phi) is 6.34. The van der Waals surface area contributed by atoms with Gasteiger partial charge in [0, 0.05) is 16.4 Å². The molecule has 0 aliphatic rings. The fraction of sp³-hybridized carbons (Fsp3) is 0.231. The molecule has 1 aromatic rings. The Balaban J connectivity index is 2.52. The maximum atomic E-state index is 11.5. The summed E-state index contributed by atoms with van der Waals surface area (Å²) in [6, 6.07) is 6.39. The van der Waals surface area contributed by atoms with E-state index in [-0.39, 0.29) is 24.8 Å². The summed E-state index contributed by atoms with van der Waals surface area (Å²) in [7, 11) is 0. The molecule has 1 aromatic carbocycles. The highest BCUT2D eigenvalue weighted by molar-refractivity contribution is 14.1. The summed E-state index contributed by atoms with van der Waals surface area (Å²) in [4.78, 5) is 44.2. The standard InChI is InChI=1S/C13H11IO5/c14-10-6-4-9(5-7-10)12(17)19-13(18)11(16)3-1-2-8-15/h4-8H,1-3H2. The predicted octanol–water partition coefficient (Wildman–Crippen LogP) is 1.91. The van der Waals surface area contributed by atoms with E-state index in [1.54, 1.807) is 12.1 Å². The summed E-state index contributed by atoms with van der Waals surface area (Å²) in [5.41, 5.74) is 0.203. The summed E-state index contributed by atoms with van der Waals surface area (Å²) < 4.78 is 5.39. The molecule has 0 aliphatic carbocycles. The smallest absolute Gasteiger partial charge is 0.382 e. The van der Waals surface area contributed by atoms with Crippen LogP contribution in [-0.4, -0.2) is 24.0 Å². The number of esters is 2. The Morgan fingerprint density at radius 2 is 1.79 bits per heavy atom. The predicted molar refractivity (Wildman–Crippen MR) is 74.5 cm³/mol. The van der Waals surface area contributed by atoms with E-state index < -0.39 is 17.7 Å². The van der Waals surface area contributed by atoms with Crippen LogP contribution in [0.2, 0.25) is 0 Å². The average molecular weight is 374 g/mol. The Morgan fingerprint density at radius 3 is 2.37 bits per heavy atom. The molecule has 6 heteroatoms. The zero-order valence-electron chi connectivity index (χ0n) is 9.93. The molecule has 0 aliphatic heterocycles. The van der Waals surface area contributed by atoms with Gasteiger partial charge in [0.1, 0.15) is 6.29 Å². The van der Waals surface area contributed by atoms with Gasteiger partial charge in [-0.05, 0) is 53.3 Å². The number of ketones is 1. The molecule has 0 saturated carbocycles. The van der Waals surface area contributed by atoms with Crippen molar-refractivity contribution < 1.29 is 23.9 Å². The van der Waals surface area contributed by atoms with E-state index in [9.17, 15) is 19.2 Å². The summed E-state index contributed by atoms with van der Waals surface area (Å²) in [6.45, 7) is 0. The van der Waals surface area contributed by atoms with Crippen LogP contribution < -0.4 is 0 Å². The maximum absolute atomic E-state index is 11.5. The first-order chi connectivity index (χ1) is 9.04. The number of unbranched alkanes of at least 4 members (excludes halogenated alkanes) is 1. The van der Waals surface area contributed by atoms with E-state index in [1.165, 1.54) is 12.1 Å². The number of benzene rings is 1. The third-order valence-corrected chi connectivity index (χ3v) is 2.94. The van der Waals surface area contributed by atoms with Gasteiger partial charge in [0.25, 0.3) is 0 Å². The molecule has 0 radical (unpaired) electrons. The SMILES string of the molecule is O=CCCCC(=O)C(=O)OC(=O)c1ccc(I)cc1. The van der Waals surface area contributed by atoms with Gasteiger partial charge < -0.3 is 9.53 Å². The van der Waals surface area contributed by atoms with Gasteiger partial charge in [0.2, 0.25) is 5.78 Å². The number of carbonyl (C=O) groups excluding carboxylic acids is 4. The molecule has 0 atom stereocenters. The Hall–Kier alpha value is -1.57. The lowest BCUT2D eigenvalue weighted by atomic mass is 10.2. The van der Waals surface area contributed by atoms with Crippen molar-refractivity contribution in [1.29, 1.82) is 0 Å². The number of rotatable bonds is 6. The van der Waals surface area contributed by atoms with E-state index in [0.717, 1.165) is 3.57 Å². The molecule has 0 unspecified atom stereocenters. The van der Waals surface area contributed by atoms with Gasteiger partial charge in [-0.25, -0.2) is 9.59 Å². The molecule has 0 amide bonds. The second kappa shape index (κ2) is 7.78. The van der Waals surface area contributed by atoms with Crippen LogP contribution in [-0.2, 0) is 19.1 Å². The van der Waals surface area contributed by atoms with E-state index in [0.29, 0.717) is 6.29 Å². The highest BCUT2D eigenvalue weighted by atomic mass is 127. The highest BCUT2D eigenvalue weighted by Gasteiger charge is 2.19. The molecule has 5 nitrogen and oxygen atoms in total. The number of ether oxygens (including phenoxy) is 1. The van der Waals surface area contributed by atoms with Crippen molar-refractivity contribution >= 4 is 46.6 Å². The highest BCUT2D eigenvalue weighted by Crippen LogP contribution is 2.08. The Morgan fingerprint density at radius 1 is 1.16 bits per heavy atom. The topological polar surface area (TPSA) is 77.5 Å². The number of carbonyl (C=O) groups is 4. The molecule has 0 N–H and O–H groups in total. The fourth-order valence-corrected chi connectivity index (χ4v) is 1.59. The molecule has 0 saturated heterocycles. The lowest BCUT2D eigenvalue weighted by molar-refractivity contribution is -0.149. The van der Waals surface area contributed by atoms with E-state index >= 15 is 0 Å². The first kappa shape index (κ1) is 15.5. The average Bonchev–Trinajstić information content (AvgIpc) is 2.39. The Bertz CT molecular complexity index is 492. The van der Waals surface area contributed by atoms with Crippen molar-refractivity contribution in [2.24, 2.45) is 0 Å². The second-order valence-corrected chi connectivity index (χ2v) is 4.91. The van der Waals surface area contributed by atoms with Gasteiger partial charge >= 0.3 is 11.9 Å². The van der Waals surface area contributed by atoms with Crippen LogP contribution in [0, 0.1) is 3.57 Å². The van der Waals surface area contributed by atoms with E-state index in [4.69, 9.17) is 0 Å². The first-order valence-electron chi connectivity index (χ1n) is 5.53. The summed E-state index contributed by atoms with van der Waals surface area (Å²) in [5.74, 6) is -2.85. The fourth-order valence-electron chi connectivity index (χ4n) is 1.23. The van der Waals surface area contributed by atoms with Crippen LogP contribution in [0.3, 0.4) is 0 Å². The molecule has 0 aromatic heterocycles. The number of hydrogen-bond donors (Lipinski definition) is 0. The molecule has 0 bridgehead atoms. The summed E-state index contributed by atoms with van der Waals surface area (Å²) in [6.07, 6.45) is 1.03.